The molecule has 0 bridgehead atoms. The van der Waals surface area contributed by atoms with Crippen molar-refractivity contribution >= 4 is 34.1 Å². The minimum atomic E-state index is -1.45. The summed E-state index contributed by atoms with van der Waals surface area (Å²) in [6.45, 7) is 0. The number of Topliss-reactive ketones (excluding diaryl/α,β-unsaturated/α-hetero) is 1. The molecule has 0 saturated heterocycles. The monoisotopic (exact) mass is 509 g/mol. The van der Waals surface area contributed by atoms with Gasteiger partial charge in [0.05, 0.1) is 4.90 Å². The zero-order valence-corrected chi connectivity index (χ0v) is 20.4. The van der Waals surface area contributed by atoms with Crippen molar-refractivity contribution in [1.82, 2.24) is 0 Å². The lowest BCUT2D eigenvalue weighted by Gasteiger charge is -2.11. The van der Waals surface area contributed by atoms with Crippen LogP contribution in [-0.4, -0.2) is 15.5 Å². The number of nitrogens with one attached hydrogen (secondary N) is 1. The molecule has 1 atom stereocenters. The average Bonchev–Trinajstić information content (AvgIpc) is 2.85. The lowest BCUT2D eigenvalue weighted by atomic mass is 10.0. The van der Waals surface area contributed by atoms with E-state index in [1.54, 1.807) is 6.07 Å². The molecule has 180 valence electrons. The van der Waals surface area contributed by atoms with Gasteiger partial charge >= 0.3 is 0 Å². The van der Waals surface area contributed by atoms with Gasteiger partial charge in [-0.15, -0.1) is 0 Å². The van der Waals surface area contributed by atoms with Crippen LogP contribution in [0.3, 0.4) is 0 Å². The van der Waals surface area contributed by atoms with Crippen LogP contribution in [0.15, 0.2) is 102 Å². The van der Waals surface area contributed by atoms with Crippen LogP contribution in [0.2, 0.25) is 5.02 Å². The molecule has 0 aliphatic rings. The van der Waals surface area contributed by atoms with Crippen molar-refractivity contribution in [3.8, 4) is 11.1 Å². The Morgan fingerprint density at radius 2 is 1.57 bits per heavy atom. The number of rotatable bonds is 9. The molecule has 4 rings (SSSR count). The molecule has 4 aromatic carbocycles. The molecule has 4 aromatic rings. The van der Waals surface area contributed by atoms with E-state index in [-0.39, 0.29) is 11.3 Å². The predicted octanol–water partition coefficient (Wildman–Crippen LogP) is 6.20. The summed E-state index contributed by atoms with van der Waals surface area (Å²) < 4.78 is 29.3. The number of benzene rings is 4. The fraction of sp³-hybridized carbons (Fsp3) is 0.107. The normalized spacial score (nSPS) is 11.4. The third kappa shape index (κ3) is 7.09. The number of carbonyl (C=O) groups excluding carboxylic acids is 1. The first-order valence-corrected chi connectivity index (χ1v) is 12.4. The Kier molecular flexibility index (Phi) is 9.32. The van der Waals surface area contributed by atoms with Crippen molar-refractivity contribution in [2.45, 2.75) is 24.2 Å². The Labute approximate surface area is 211 Å². The molecule has 0 spiro atoms. The van der Waals surface area contributed by atoms with Gasteiger partial charge in [-0.05, 0) is 59.0 Å². The van der Waals surface area contributed by atoms with E-state index < -0.39 is 16.8 Å². The zero-order valence-electron chi connectivity index (χ0n) is 18.8. The van der Waals surface area contributed by atoms with Crippen LogP contribution in [0, 0.1) is 5.82 Å². The first kappa shape index (κ1) is 26.3. The van der Waals surface area contributed by atoms with Gasteiger partial charge in [0.2, 0.25) is 0 Å². The molecule has 0 aliphatic heterocycles. The maximum atomic E-state index is 13.2. The fourth-order valence-corrected chi connectivity index (χ4v) is 4.96. The van der Waals surface area contributed by atoms with E-state index >= 15 is 0 Å². The summed E-state index contributed by atoms with van der Waals surface area (Å²) in [5.74, 6) is -0.320. The highest BCUT2D eigenvalue weighted by Crippen LogP contribution is 2.27. The molecule has 0 fully saturated rings. The Bertz CT molecular complexity index is 1310. The topological polar surface area (TPSA) is 77.7 Å². The SMILES string of the molecule is O.O=C(CCc1ccc(F)cc1Cl)Cc1ccc(NS(=O)c2ccccc2-c2ccccc2)cc1. The van der Waals surface area contributed by atoms with E-state index in [0.29, 0.717) is 34.9 Å². The molecule has 0 heterocycles. The second-order valence-electron chi connectivity index (χ2n) is 7.88. The van der Waals surface area contributed by atoms with Gasteiger partial charge in [-0.2, -0.15) is 0 Å². The number of aryl methyl sites for hydroxylation is 1. The van der Waals surface area contributed by atoms with Crippen LogP contribution in [0.4, 0.5) is 10.1 Å². The van der Waals surface area contributed by atoms with Crippen LogP contribution in [0.1, 0.15) is 17.5 Å². The molecule has 1 unspecified atom stereocenters. The molecule has 35 heavy (non-hydrogen) atoms. The summed E-state index contributed by atoms with van der Waals surface area (Å²) in [7, 11) is -1.45. The third-order valence-corrected chi connectivity index (χ3v) is 6.95. The second-order valence-corrected chi connectivity index (χ2v) is 9.47. The number of carbonyl (C=O) groups is 1. The summed E-state index contributed by atoms with van der Waals surface area (Å²) >= 11 is 6.04. The van der Waals surface area contributed by atoms with Gasteiger partial charge in [-0.25, -0.2) is 8.60 Å². The van der Waals surface area contributed by atoms with Crippen LogP contribution in [0.5, 0.6) is 0 Å². The quantitative estimate of drug-likeness (QED) is 0.291. The Balaban J connectivity index is 0.00000342. The van der Waals surface area contributed by atoms with Crippen molar-refractivity contribution in [3.05, 3.63) is 119 Å². The van der Waals surface area contributed by atoms with Gasteiger partial charge < -0.3 is 10.2 Å². The van der Waals surface area contributed by atoms with Crippen molar-refractivity contribution in [2.24, 2.45) is 0 Å². The summed E-state index contributed by atoms with van der Waals surface area (Å²) in [4.78, 5) is 13.1. The molecule has 0 aliphatic carbocycles. The molecule has 0 aromatic heterocycles. The summed E-state index contributed by atoms with van der Waals surface area (Å²) in [5, 5.41) is 0.338. The van der Waals surface area contributed by atoms with Gasteiger partial charge in [-0.3, -0.25) is 4.79 Å². The fourth-order valence-electron chi connectivity index (χ4n) is 3.65. The minimum absolute atomic E-state index is 0. The predicted molar refractivity (Wildman–Crippen MR) is 140 cm³/mol. The minimum Gasteiger partial charge on any atom is -0.412 e. The number of anilines is 1. The van der Waals surface area contributed by atoms with E-state index in [9.17, 15) is 13.4 Å². The number of halogens is 2. The Morgan fingerprint density at radius 3 is 2.29 bits per heavy atom. The Hall–Kier alpha value is -3.32. The maximum absolute atomic E-state index is 13.2. The summed E-state index contributed by atoms with van der Waals surface area (Å²) in [6, 6.07) is 29.0. The van der Waals surface area contributed by atoms with Crippen LogP contribution in [-0.2, 0) is 28.6 Å². The van der Waals surface area contributed by atoms with E-state index in [4.69, 9.17) is 11.6 Å². The zero-order chi connectivity index (χ0) is 23.9. The first-order chi connectivity index (χ1) is 16.5. The standard InChI is InChI=1S/C28H23ClFNO2S.H2O/c29-27-19-23(30)14-12-22(27)13-17-25(32)18-20-10-15-24(16-11-20)31-34(33)28-9-5-4-8-26(28)21-6-2-1-3-7-21;/h1-12,14-16,19,31H,13,17-18H2;1H2. The van der Waals surface area contributed by atoms with E-state index in [0.717, 1.165) is 22.3 Å². The van der Waals surface area contributed by atoms with Gasteiger partial charge in [0.25, 0.3) is 0 Å². The highest BCUT2D eigenvalue weighted by Gasteiger charge is 2.12. The molecule has 0 saturated carbocycles. The highest BCUT2D eigenvalue weighted by molar-refractivity contribution is 7.86. The second kappa shape index (κ2) is 12.4. The van der Waals surface area contributed by atoms with Gasteiger partial charge in [0, 0.05) is 23.6 Å². The largest absolute Gasteiger partial charge is 0.412 e. The van der Waals surface area contributed by atoms with Crippen LogP contribution in [0.25, 0.3) is 11.1 Å². The molecule has 0 radical (unpaired) electrons. The molecule has 4 nitrogen and oxygen atoms in total. The van der Waals surface area contributed by atoms with E-state index in [1.165, 1.54) is 12.1 Å². The number of hydrogen-bond donors (Lipinski definition) is 1. The maximum Gasteiger partial charge on any atom is 0.150 e. The van der Waals surface area contributed by atoms with Crippen LogP contribution < -0.4 is 4.72 Å². The molecular weight excluding hydrogens is 485 g/mol. The molecule has 0 amide bonds. The van der Waals surface area contributed by atoms with Crippen molar-refractivity contribution in [2.75, 3.05) is 4.72 Å². The van der Waals surface area contributed by atoms with Gasteiger partial charge in [0.15, 0.2) is 11.0 Å². The number of hydrogen-bond acceptors (Lipinski definition) is 2. The molecule has 7 heteroatoms. The first-order valence-electron chi connectivity index (χ1n) is 10.9. The Morgan fingerprint density at radius 1 is 0.886 bits per heavy atom. The molecule has 3 N–H and O–H groups in total. The smallest absolute Gasteiger partial charge is 0.150 e. The van der Waals surface area contributed by atoms with Gasteiger partial charge in [0.1, 0.15) is 11.6 Å². The van der Waals surface area contributed by atoms with E-state index in [1.807, 2.05) is 78.9 Å². The molecular formula is C28H25ClFNO3S. The van der Waals surface area contributed by atoms with Crippen molar-refractivity contribution in [1.29, 1.82) is 0 Å². The van der Waals surface area contributed by atoms with E-state index in [2.05, 4.69) is 4.72 Å². The summed E-state index contributed by atoms with van der Waals surface area (Å²) in [5.41, 5.74) is 4.25. The lowest BCUT2D eigenvalue weighted by Crippen LogP contribution is -2.07. The summed E-state index contributed by atoms with van der Waals surface area (Å²) in [6.07, 6.45) is 1.09. The van der Waals surface area contributed by atoms with Gasteiger partial charge in [-0.1, -0.05) is 78.3 Å². The average molecular weight is 510 g/mol. The van der Waals surface area contributed by atoms with Crippen molar-refractivity contribution in [3.63, 3.8) is 0 Å². The third-order valence-electron chi connectivity index (χ3n) is 5.43. The lowest BCUT2D eigenvalue weighted by molar-refractivity contribution is -0.118. The highest BCUT2D eigenvalue weighted by atomic mass is 35.5. The van der Waals surface area contributed by atoms with Crippen LogP contribution >= 0.6 is 11.6 Å². The number of ketones is 1. The van der Waals surface area contributed by atoms with Crippen molar-refractivity contribution < 1.29 is 18.9 Å².